The highest BCUT2D eigenvalue weighted by atomic mass is 16.5. The molecule has 0 saturated heterocycles. The van der Waals surface area contributed by atoms with Crippen LogP contribution in [-0.2, 0) is 11.2 Å². The lowest BCUT2D eigenvalue weighted by Gasteiger charge is -2.32. The molecule has 2 aromatic carbocycles. The number of benzene rings is 2. The Kier molecular flexibility index (Phi) is 16.7. The van der Waals surface area contributed by atoms with E-state index in [0.717, 1.165) is 36.8 Å². The molecule has 0 aliphatic rings. The van der Waals surface area contributed by atoms with E-state index in [9.17, 15) is 9.59 Å². The Balaban J connectivity index is 1.95. The van der Waals surface area contributed by atoms with Crippen LogP contribution in [0.5, 0.6) is 5.75 Å². The molecule has 0 saturated carbocycles. The molecule has 0 aliphatic heterocycles. The number of amides is 1. The van der Waals surface area contributed by atoms with E-state index in [-0.39, 0.29) is 17.4 Å². The van der Waals surface area contributed by atoms with Gasteiger partial charge in [-0.25, -0.2) is 0 Å². The third-order valence-electron chi connectivity index (χ3n) is 9.46. The molecule has 0 radical (unpaired) electrons. The number of carbonyl (C=O) groups is 2. The van der Waals surface area contributed by atoms with Gasteiger partial charge in [0.2, 0.25) is 0 Å². The molecule has 1 atom stereocenters. The Labute approximate surface area is 263 Å². The highest BCUT2D eigenvalue weighted by Gasteiger charge is 2.28. The van der Waals surface area contributed by atoms with Crippen molar-refractivity contribution in [2.45, 2.75) is 163 Å². The SMILES string of the molecule is CCCCCCCCCCCCCCCCC(C)(CCc1c(C)c(C)c(C)c(C)c1OC(C)=O)NC(=O)c1ccccc1. The topological polar surface area (TPSA) is 55.4 Å². The number of rotatable bonds is 21. The summed E-state index contributed by atoms with van der Waals surface area (Å²) in [6.45, 7) is 14.3. The number of hydrogen-bond donors (Lipinski definition) is 1. The molecule has 1 amide bonds. The van der Waals surface area contributed by atoms with Gasteiger partial charge >= 0.3 is 5.97 Å². The second kappa shape index (κ2) is 19.6. The molecule has 1 unspecified atom stereocenters. The molecule has 0 fully saturated rings. The number of ether oxygens (including phenoxy) is 1. The summed E-state index contributed by atoms with van der Waals surface area (Å²) in [4.78, 5) is 25.3. The molecule has 1 N–H and O–H groups in total. The molecular weight excluding hydrogens is 530 g/mol. The van der Waals surface area contributed by atoms with E-state index in [0.29, 0.717) is 11.3 Å². The largest absolute Gasteiger partial charge is 0.426 e. The zero-order valence-electron chi connectivity index (χ0n) is 28.6. The Morgan fingerprint density at radius 2 is 1.16 bits per heavy atom. The molecule has 4 nitrogen and oxygen atoms in total. The summed E-state index contributed by atoms with van der Waals surface area (Å²) in [5.74, 6) is 0.373. The first-order chi connectivity index (χ1) is 20.6. The van der Waals surface area contributed by atoms with Crippen LogP contribution in [0.2, 0.25) is 0 Å². The first-order valence-corrected chi connectivity index (χ1v) is 17.2. The highest BCUT2D eigenvalue weighted by molar-refractivity contribution is 5.94. The van der Waals surface area contributed by atoms with E-state index >= 15 is 0 Å². The molecular formula is C39H61NO3. The maximum Gasteiger partial charge on any atom is 0.308 e. The van der Waals surface area contributed by atoms with Gasteiger partial charge in [0.05, 0.1) is 0 Å². The Morgan fingerprint density at radius 3 is 1.67 bits per heavy atom. The Hall–Kier alpha value is -2.62. The number of nitrogens with one attached hydrogen (secondary N) is 1. The predicted molar refractivity (Wildman–Crippen MR) is 182 cm³/mol. The van der Waals surface area contributed by atoms with Crippen molar-refractivity contribution in [2.75, 3.05) is 0 Å². The van der Waals surface area contributed by atoms with Gasteiger partial charge in [0, 0.05) is 18.0 Å². The van der Waals surface area contributed by atoms with Crippen molar-refractivity contribution in [1.82, 2.24) is 5.32 Å². The third kappa shape index (κ3) is 12.9. The quantitative estimate of drug-likeness (QED) is 0.0892. The van der Waals surface area contributed by atoms with Gasteiger partial charge in [-0.05, 0) is 93.8 Å². The zero-order chi connectivity index (χ0) is 31.7. The van der Waals surface area contributed by atoms with Crippen LogP contribution in [0.1, 0.15) is 162 Å². The molecule has 0 bridgehead atoms. The van der Waals surface area contributed by atoms with Crippen LogP contribution in [-0.4, -0.2) is 17.4 Å². The van der Waals surface area contributed by atoms with Crippen LogP contribution >= 0.6 is 0 Å². The summed E-state index contributed by atoms with van der Waals surface area (Å²) in [6.07, 6.45) is 21.1. The van der Waals surface area contributed by atoms with Crippen molar-refractivity contribution < 1.29 is 14.3 Å². The molecule has 2 rings (SSSR count). The average Bonchev–Trinajstić information content (AvgIpc) is 2.99. The van der Waals surface area contributed by atoms with Crippen molar-refractivity contribution in [3.63, 3.8) is 0 Å². The van der Waals surface area contributed by atoms with E-state index in [1.54, 1.807) is 0 Å². The molecule has 4 heteroatoms. The molecule has 0 aliphatic carbocycles. The minimum atomic E-state index is -0.364. The summed E-state index contributed by atoms with van der Waals surface area (Å²) < 4.78 is 5.77. The van der Waals surface area contributed by atoms with Crippen LogP contribution in [0.4, 0.5) is 0 Å². The standard InChI is InChI=1S/C39H61NO3/c1-8-9-10-11-12-13-14-15-16-17-18-19-20-24-28-39(7,40-38(42)35-25-22-21-23-26-35)29-27-36-32(4)30(2)31(3)33(5)37(36)43-34(6)41/h21-23,25-26H,8-20,24,27-29H2,1-7H3,(H,40,42). The van der Waals surface area contributed by atoms with Crippen molar-refractivity contribution >= 4 is 11.9 Å². The maximum absolute atomic E-state index is 13.3. The van der Waals surface area contributed by atoms with Crippen molar-refractivity contribution in [1.29, 1.82) is 0 Å². The minimum Gasteiger partial charge on any atom is -0.426 e. The Bertz CT molecular complexity index is 1120. The van der Waals surface area contributed by atoms with Crippen LogP contribution < -0.4 is 10.1 Å². The lowest BCUT2D eigenvalue weighted by molar-refractivity contribution is -0.132. The summed E-state index contributed by atoms with van der Waals surface area (Å²) >= 11 is 0. The summed E-state index contributed by atoms with van der Waals surface area (Å²) in [5.41, 5.74) is 6.01. The zero-order valence-corrected chi connectivity index (χ0v) is 28.6. The lowest BCUT2D eigenvalue weighted by atomic mass is 9.84. The van der Waals surface area contributed by atoms with Gasteiger partial charge in [-0.1, -0.05) is 115 Å². The van der Waals surface area contributed by atoms with Crippen molar-refractivity contribution in [3.05, 3.63) is 63.7 Å². The first-order valence-electron chi connectivity index (χ1n) is 17.2. The summed E-state index contributed by atoms with van der Waals surface area (Å²) in [5, 5.41) is 3.40. The number of esters is 1. The van der Waals surface area contributed by atoms with E-state index in [1.165, 1.54) is 107 Å². The number of unbranched alkanes of at least 4 members (excludes halogenated alkanes) is 13. The predicted octanol–water partition coefficient (Wildman–Crippen LogP) is 10.8. The fourth-order valence-corrected chi connectivity index (χ4v) is 6.24. The van der Waals surface area contributed by atoms with Gasteiger partial charge in [-0.2, -0.15) is 0 Å². The molecule has 240 valence electrons. The van der Waals surface area contributed by atoms with Gasteiger partial charge in [0.15, 0.2) is 0 Å². The van der Waals surface area contributed by atoms with Crippen LogP contribution in [0.25, 0.3) is 0 Å². The second-order valence-corrected chi connectivity index (χ2v) is 13.1. The van der Waals surface area contributed by atoms with Gasteiger partial charge < -0.3 is 10.1 Å². The number of carbonyl (C=O) groups excluding carboxylic acids is 2. The van der Waals surface area contributed by atoms with E-state index in [1.807, 2.05) is 37.3 Å². The maximum atomic E-state index is 13.3. The second-order valence-electron chi connectivity index (χ2n) is 13.1. The molecule has 0 spiro atoms. The van der Waals surface area contributed by atoms with E-state index in [2.05, 4.69) is 39.9 Å². The summed E-state index contributed by atoms with van der Waals surface area (Å²) in [6, 6.07) is 9.50. The van der Waals surface area contributed by atoms with Crippen LogP contribution in [0.3, 0.4) is 0 Å². The Morgan fingerprint density at radius 1 is 0.674 bits per heavy atom. The molecule has 2 aromatic rings. The van der Waals surface area contributed by atoms with Gasteiger partial charge in [-0.15, -0.1) is 0 Å². The first kappa shape index (κ1) is 36.6. The van der Waals surface area contributed by atoms with Crippen molar-refractivity contribution in [2.24, 2.45) is 0 Å². The summed E-state index contributed by atoms with van der Waals surface area (Å²) in [7, 11) is 0. The lowest BCUT2D eigenvalue weighted by Crippen LogP contribution is -2.46. The minimum absolute atomic E-state index is 0.0262. The molecule has 0 aromatic heterocycles. The smallest absolute Gasteiger partial charge is 0.308 e. The molecule has 43 heavy (non-hydrogen) atoms. The fraction of sp³-hybridized carbons (Fsp3) is 0.641. The van der Waals surface area contributed by atoms with Gasteiger partial charge in [-0.3, -0.25) is 9.59 Å². The van der Waals surface area contributed by atoms with Gasteiger partial charge in [0.25, 0.3) is 5.91 Å². The fourth-order valence-electron chi connectivity index (χ4n) is 6.24. The number of hydrogen-bond acceptors (Lipinski definition) is 3. The van der Waals surface area contributed by atoms with Gasteiger partial charge in [0.1, 0.15) is 5.75 Å². The van der Waals surface area contributed by atoms with Crippen molar-refractivity contribution in [3.8, 4) is 5.75 Å². The molecule has 0 heterocycles. The highest BCUT2D eigenvalue weighted by Crippen LogP contribution is 2.35. The normalized spacial score (nSPS) is 12.6. The monoisotopic (exact) mass is 591 g/mol. The van der Waals surface area contributed by atoms with Crippen LogP contribution in [0, 0.1) is 27.7 Å². The van der Waals surface area contributed by atoms with E-state index in [4.69, 9.17) is 4.74 Å². The van der Waals surface area contributed by atoms with Crippen LogP contribution in [0.15, 0.2) is 30.3 Å². The van der Waals surface area contributed by atoms with E-state index < -0.39 is 0 Å². The average molecular weight is 592 g/mol. The third-order valence-corrected chi connectivity index (χ3v) is 9.46.